The van der Waals surface area contributed by atoms with Crippen LogP contribution in [0.1, 0.15) is 65.2 Å². The Labute approximate surface area is 105 Å². The molecule has 0 amide bonds. The molecule has 0 N–H and O–H groups in total. The second-order valence-corrected chi connectivity index (χ2v) is 6.48. The van der Waals surface area contributed by atoms with E-state index in [2.05, 4.69) is 6.92 Å². The Balaban J connectivity index is 2.00. The van der Waals surface area contributed by atoms with Crippen LogP contribution in [0.15, 0.2) is 0 Å². The third-order valence-corrected chi connectivity index (χ3v) is 4.76. The molecule has 2 saturated carbocycles. The van der Waals surface area contributed by atoms with Crippen molar-refractivity contribution in [3.63, 3.8) is 0 Å². The van der Waals surface area contributed by atoms with Crippen molar-refractivity contribution in [2.24, 2.45) is 17.3 Å². The molecule has 0 aromatic heterocycles. The Morgan fingerprint density at radius 3 is 2.71 bits per heavy atom. The number of ether oxygens (including phenoxy) is 1. The van der Waals surface area contributed by atoms with Crippen LogP contribution < -0.4 is 0 Å². The molecule has 2 nitrogen and oxygen atoms in total. The quantitative estimate of drug-likeness (QED) is 0.681. The van der Waals surface area contributed by atoms with Gasteiger partial charge in [-0.25, -0.2) is 0 Å². The monoisotopic (exact) mass is 238 g/mol. The van der Waals surface area contributed by atoms with E-state index in [9.17, 15) is 4.79 Å². The van der Waals surface area contributed by atoms with Crippen molar-refractivity contribution < 1.29 is 9.53 Å². The van der Waals surface area contributed by atoms with Gasteiger partial charge in [-0.05, 0) is 37.5 Å². The highest BCUT2D eigenvalue weighted by Gasteiger charge is 2.38. The average Bonchev–Trinajstić information content (AvgIpc) is 2.25. The summed E-state index contributed by atoms with van der Waals surface area (Å²) in [4.78, 5) is 11.0. The summed E-state index contributed by atoms with van der Waals surface area (Å²) in [5.41, 5.74) is 0.328. The van der Waals surface area contributed by atoms with Crippen molar-refractivity contribution in [2.75, 3.05) is 6.61 Å². The predicted octanol–water partition coefficient (Wildman–Crippen LogP) is 3.94. The fourth-order valence-electron chi connectivity index (χ4n) is 3.98. The molecule has 0 spiro atoms. The molecule has 0 heterocycles. The third-order valence-electron chi connectivity index (χ3n) is 4.76. The van der Waals surface area contributed by atoms with Crippen molar-refractivity contribution in [2.45, 2.75) is 65.2 Å². The van der Waals surface area contributed by atoms with Gasteiger partial charge in [-0.3, -0.25) is 4.79 Å². The molecule has 17 heavy (non-hydrogen) atoms. The lowest BCUT2D eigenvalue weighted by Gasteiger charge is -2.43. The first-order valence-electron chi connectivity index (χ1n) is 7.23. The standard InChI is InChI=1S/C15H26O2/c1-12-5-3-7-15(11-17-13(2)16)8-4-6-14(9-12)10-15/h12,14H,3-11H2,1-2H3. The first kappa shape index (κ1) is 12.9. The number of esters is 1. The third kappa shape index (κ3) is 3.46. The summed E-state index contributed by atoms with van der Waals surface area (Å²) in [6, 6.07) is 0. The number of hydrogen-bond acceptors (Lipinski definition) is 2. The van der Waals surface area contributed by atoms with Gasteiger partial charge in [0.15, 0.2) is 0 Å². The molecule has 2 fully saturated rings. The van der Waals surface area contributed by atoms with Crippen LogP contribution in [0.5, 0.6) is 0 Å². The van der Waals surface area contributed by atoms with Gasteiger partial charge in [0.2, 0.25) is 0 Å². The van der Waals surface area contributed by atoms with Crippen LogP contribution >= 0.6 is 0 Å². The van der Waals surface area contributed by atoms with Crippen molar-refractivity contribution in [3.8, 4) is 0 Å². The zero-order chi connectivity index (χ0) is 12.3. The SMILES string of the molecule is CC(=O)OCC12CCCC(C)CC(CCC1)C2. The fraction of sp³-hybridized carbons (Fsp3) is 0.933. The van der Waals surface area contributed by atoms with Gasteiger partial charge in [0, 0.05) is 12.3 Å². The molecule has 0 radical (unpaired) electrons. The van der Waals surface area contributed by atoms with E-state index in [4.69, 9.17) is 4.74 Å². The first-order chi connectivity index (χ1) is 8.10. The molecule has 0 aromatic carbocycles. The van der Waals surface area contributed by atoms with Crippen LogP contribution in [0.25, 0.3) is 0 Å². The molecule has 3 unspecified atom stereocenters. The summed E-state index contributed by atoms with van der Waals surface area (Å²) in [6.45, 7) is 4.60. The largest absolute Gasteiger partial charge is 0.465 e. The Hall–Kier alpha value is -0.530. The van der Waals surface area contributed by atoms with E-state index in [1.54, 1.807) is 0 Å². The maximum atomic E-state index is 11.0. The highest BCUT2D eigenvalue weighted by Crippen LogP contribution is 2.47. The summed E-state index contributed by atoms with van der Waals surface area (Å²) in [5, 5.41) is 0. The van der Waals surface area contributed by atoms with Crippen molar-refractivity contribution in [1.29, 1.82) is 0 Å². The molecule has 2 heteroatoms. The molecule has 0 aromatic rings. The summed E-state index contributed by atoms with van der Waals surface area (Å²) < 4.78 is 5.34. The highest BCUT2D eigenvalue weighted by molar-refractivity contribution is 5.65. The number of fused-ring (bicyclic) bond motifs is 2. The van der Waals surface area contributed by atoms with Gasteiger partial charge >= 0.3 is 5.97 Å². The Kier molecular flexibility index (Phi) is 4.11. The van der Waals surface area contributed by atoms with Crippen LogP contribution in [0.3, 0.4) is 0 Å². The van der Waals surface area contributed by atoms with E-state index in [1.165, 1.54) is 58.3 Å². The molecule has 2 aliphatic carbocycles. The molecule has 3 atom stereocenters. The maximum absolute atomic E-state index is 11.0. The molecule has 2 aliphatic rings. The number of hydrogen-bond donors (Lipinski definition) is 0. The molecule has 98 valence electrons. The summed E-state index contributed by atoms with van der Waals surface area (Å²) in [7, 11) is 0. The second-order valence-electron chi connectivity index (χ2n) is 6.48. The normalized spacial score (nSPS) is 38.0. The minimum absolute atomic E-state index is 0.114. The van der Waals surface area contributed by atoms with Gasteiger partial charge < -0.3 is 4.74 Å². The molecule has 2 rings (SSSR count). The van der Waals surface area contributed by atoms with Crippen LogP contribution in [0.2, 0.25) is 0 Å². The van der Waals surface area contributed by atoms with Crippen LogP contribution in [0, 0.1) is 17.3 Å². The summed E-state index contributed by atoms with van der Waals surface area (Å²) in [6.07, 6.45) is 10.6. The smallest absolute Gasteiger partial charge is 0.302 e. The van der Waals surface area contributed by atoms with E-state index in [0.717, 1.165) is 11.8 Å². The summed E-state index contributed by atoms with van der Waals surface area (Å²) in [5.74, 6) is 1.66. The van der Waals surface area contributed by atoms with Crippen LogP contribution in [-0.4, -0.2) is 12.6 Å². The lowest BCUT2D eigenvalue weighted by atomic mass is 9.64. The molecular weight excluding hydrogens is 212 g/mol. The van der Waals surface area contributed by atoms with Gasteiger partial charge in [-0.1, -0.05) is 32.6 Å². The lowest BCUT2D eigenvalue weighted by molar-refractivity contribution is -0.146. The highest BCUT2D eigenvalue weighted by atomic mass is 16.5. The van der Waals surface area contributed by atoms with Gasteiger partial charge in [0.05, 0.1) is 6.61 Å². The van der Waals surface area contributed by atoms with Gasteiger partial charge in [-0.15, -0.1) is 0 Å². The van der Waals surface area contributed by atoms with Crippen molar-refractivity contribution in [1.82, 2.24) is 0 Å². The maximum Gasteiger partial charge on any atom is 0.302 e. The Morgan fingerprint density at radius 2 is 2.00 bits per heavy atom. The van der Waals surface area contributed by atoms with Gasteiger partial charge in [0.1, 0.15) is 0 Å². The predicted molar refractivity (Wildman–Crippen MR) is 68.7 cm³/mol. The molecule has 2 bridgehead atoms. The first-order valence-corrected chi connectivity index (χ1v) is 7.23. The van der Waals surface area contributed by atoms with Gasteiger partial charge in [-0.2, -0.15) is 0 Å². The average molecular weight is 238 g/mol. The van der Waals surface area contributed by atoms with E-state index in [0.29, 0.717) is 12.0 Å². The number of carbonyl (C=O) groups is 1. The van der Waals surface area contributed by atoms with Crippen molar-refractivity contribution in [3.05, 3.63) is 0 Å². The van der Waals surface area contributed by atoms with E-state index >= 15 is 0 Å². The topological polar surface area (TPSA) is 26.3 Å². The minimum Gasteiger partial charge on any atom is -0.465 e. The number of rotatable bonds is 2. The lowest BCUT2D eigenvalue weighted by Crippen LogP contribution is -2.36. The minimum atomic E-state index is -0.114. The zero-order valence-corrected chi connectivity index (χ0v) is 11.3. The number of carbonyl (C=O) groups excluding carboxylic acids is 1. The molecule has 0 saturated heterocycles. The van der Waals surface area contributed by atoms with Crippen molar-refractivity contribution >= 4 is 5.97 Å². The van der Waals surface area contributed by atoms with Gasteiger partial charge in [0.25, 0.3) is 0 Å². The van der Waals surface area contributed by atoms with E-state index in [1.807, 2.05) is 0 Å². The summed E-state index contributed by atoms with van der Waals surface area (Å²) >= 11 is 0. The second kappa shape index (κ2) is 5.41. The van der Waals surface area contributed by atoms with Crippen LogP contribution in [0.4, 0.5) is 0 Å². The fourth-order valence-corrected chi connectivity index (χ4v) is 3.98. The van der Waals surface area contributed by atoms with Crippen LogP contribution in [-0.2, 0) is 9.53 Å². The molecule has 0 aliphatic heterocycles. The van der Waals surface area contributed by atoms with E-state index in [-0.39, 0.29) is 5.97 Å². The Bertz CT molecular complexity index is 274. The Morgan fingerprint density at radius 1 is 1.29 bits per heavy atom. The zero-order valence-electron chi connectivity index (χ0n) is 11.3. The van der Waals surface area contributed by atoms with E-state index < -0.39 is 0 Å². The molecular formula is C15H26O2.